The van der Waals surface area contributed by atoms with Crippen molar-refractivity contribution in [3.05, 3.63) is 102 Å². The van der Waals surface area contributed by atoms with Crippen molar-refractivity contribution < 1.29 is 4.79 Å². The molecule has 0 spiro atoms. The van der Waals surface area contributed by atoms with E-state index in [0.29, 0.717) is 5.56 Å². The van der Waals surface area contributed by atoms with Crippen LogP contribution in [0.3, 0.4) is 0 Å². The minimum atomic E-state index is -0.149. The van der Waals surface area contributed by atoms with E-state index in [1.165, 1.54) is 0 Å². The Kier molecular flexibility index (Phi) is 5.55. The monoisotopic (exact) mass is 447 g/mol. The highest BCUT2D eigenvalue weighted by atomic mass is 16.1. The molecule has 0 saturated heterocycles. The molecular weight excluding hydrogens is 422 g/mol. The van der Waals surface area contributed by atoms with Gasteiger partial charge >= 0.3 is 0 Å². The molecule has 34 heavy (non-hydrogen) atoms. The lowest BCUT2D eigenvalue weighted by molar-refractivity contribution is 0.102. The topological polar surface area (TPSA) is 71.8 Å². The molecule has 0 bridgehead atoms. The Morgan fingerprint density at radius 3 is 2.62 bits per heavy atom. The van der Waals surface area contributed by atoms with E-state index in [0.717, 1.165) is 50.5 Å². The molecule has 0 radical (unpaired) electrons. The second-order valence-corrected chi connectivity index (χ2v) is 8.44. The lowest BCUT2D eigenvalue weighted by atomic mass is 10.1. The number of rotatable bonds is 5. The molecule has 1 amide bonds. The maximum atomic E-state index is 12.9. The van der Waals surface area contributed by atoms with Gasteiger partial charge in [0.1, 0.15) is 5.65 Å². The van der Waals surface area contributed by atoms with Crippen LogP contribution in [-0.2, 0) is 7.05 Å². The second kappa shape index (κ2) is 8.83. The largest absolute Gasteiger partial charge is 0.355 e. The average Bonchev–Trinajstić information content (AvgIpc) is 3.22. The number of anilines is 3. The summed E-state index contributed by atoms with van der Waals surface area (Å²) < 4.78 is 2.00. The Labute approximate surface area is 198 Å². The number of hydrogen-bond donors (Lipinski definition) is 2. The van der Waals surface area contributed by atoms with Crippen LogP contribution in [-0.4, -0.2) is 20.4 Å². The minimum absolute atomic E-state index is 0.149. The number of nitrogens with one attached hydrogen (secondary N) is 2. The maximum Gasteiger partial charge on any atom is 0.255 e. The van der Waals surface area contributed by atoms with Crippen LogP contribution in [0.4, 0.5) is 17.1 Å². The number of fused-ring (bicyclic) bond motifs is 1. The quantitative estimate of drug-likeness (QED) is 0.334. The van der Waals surface area contributed by atoms with Gasteiger partial charge in [0.15, 0.2) is 0 Å². The van der Waals surface area contributed by atoms with Crippen LogP contribution in [0.15, 0.2) is 85.3 Å². The van der Waals surface area contributed by atoms with E-state index >= 15 is 0 Å². The molecule has 0 aliphatic rings. The molecule has 0 atom stereocenters. The van der Waals surface area contributed by atoms with Crippen LogP contribution >= 0.6 is 0 Å². The molecule has 2 N–H and O–H groups in total. The van der Waals surface area contributed by atoms with Crippen molar-refractivity contribution in [2.75, 3.05) is 10.6 Å². The predicted molar refractivity (Wildman–Crippen MR) is 138 cm³/mol. The molecule has 0 unspecified atom stereocenters. The summed E-state index contributed by atoms with van der Waals surface area (Å²) in [6.45, 7) is 4.03. The third-order valence-corrected chi connectivity index (χ3v) is 5.84. The van der Waals surface area contributed by atoms with Gasteiger partial charge in [-0.15, -0.1) is 0 Å². The van der Waals surface area contributed by atoms with E-state index in [-0.39, 0.29) is 5.91 Å². The van der Waals surface area contributed by atoms with Crippen molar-refractivity contribution in [2.24, 2.45) is 7.05 Å². The van der Waals surface area contributed by atoms with Crippen molar-refractivity contribution in [2.45, 2.75) is 13.8 Å². The molecule has 0 aliphatic heterocycles. The highest BCUT2D eigenvalue weighted by Crippen LogP contribution is 2.32. The van der Waals surface area contributed by atoms with Crippen molar-refractivity contribution in [3.8, 4) is 11.3 Å². The first-order valence-corrected chi connectivity index (χ1v) is 11.1. The van der Waals surface area contributed by atoms with Crippen LogP contribution in [0.1, 0.15) is 21.5 Å². The van der Waals surface area contributed by atoms with Crippen LogP contribution < -0.4 is 10.6 Å². The van der Waals surface area contributed by atoms with Crippen LogP contribution in [0, 0.1) is 13.8 Å². The molecular formula is C28H25N5O. The van der Waals surface area contributed by atoms with E-state index in [1.54, 1.807) is 6.20 Å². The van der Waals surface area contributed by atoms with Gasteiger partial charge < -0.3 is 15.2 Å². The molecule has 5 rings (SSSR count). The molecule has 168 valence electrons. The predicted octanol–water partition coefficient (Wildman–Crippen LogP) is 6.25. The Morgan fingerprint density at radius 2 is 1.82 bits per heavy atom. The van der Waals surface area contributed by atoms with E-state index in [4.69, 9.17) is 4.98 Å². The van der Waals surface area contributed by atoms with Crippen molar-refractivity contribution in [3.63, 3.8) is 0 Å². The standard InChI is InChI=1S/C28H25N5O/c1-18-6-4-8-22(14-18)30-28(34)20-10-9-19(2)24(15-20)31-26-16-25(21-7-5-12-29-17-21)32-27-23(26)11-13-33(27)3/h4-17H,1-3H3,(H,30,34)(H,31,32). The zero-order valence-electron chi connectivity index (χ0n) is 19.3. The number of aryl methyl sites for hydroxylation is 3. The van der Waals surface area contributed by atoms with Gasteiger partial charge in [-0.1, -0.05) is 18.2 Å². The molecule has 0 fully saturated rings. The summed E-state index contributed by atoms with van der Waals surface area (Å²) in [4.78, 5) is 22.0. The van der Waals surface area contributed by atoms with E-state index in [9.17, 15) is 4.79 Å². The number of carbonyl (C=O) groups excluding carboxylic acids is 1. The Balaban J connectivity index is 1.51. The number of benzene rings is 2. The molecule has 0 saturated carbocycles. The van der Waals surface area contributed by atoms with E-state index < -0.39 is 0 Å². The number of aromatic nitrogens is 3. The summed E-state index contributed by atoms with van der Waals surface area (Å²) in [5.74, 6) is -0.149. The number of hydrogen-bond acceptors (Lipinski definition) is 4. The highest BCUT2D eigenvalue weighted by Gasteiger charge is 2.13. The summed E-state index contributed by atoms with van der Waals surface area (Å²) in [6.07, 6.45) is 5.55. The van der Waals surface area contributed by atoms with Gasteiger partial charge in [-0.3, -0.25) is 9.78 Å². The second-order valence-electron chi connectivity index (χ2n) is 8.44. The number of carbonyl (C=O) groups is 1. The lowest BCUT2D eigenvalue weighted by Gasteiger charge is -2.14. The van der Waals surface area contributed by atoms with Gasteiger partial charge in [0, 0.05) is 53.5 Å². The molecule has 0 aliphatic carbocycles. The minimum Gasteiger partial charge on any atom is -0.355 e. The van der Waals surface area contributed by atoms with Crippen molar-refractivity contribution >= 4 is 34.0 Å². The van der Waals surface area contributed by atoms with Gasteiger partial charge in [0.05, 0.1) is 11.4 Å². The third kappa shape index (κ3) is 4.26. The number of amides is 1. The fourth-order valence-electron chi connectivity index (χ4n) is 3.97. The zero-order chi connectivity index (χ0) is 23.7. The molecule has 6 heteroatoms. The molecule has 3 aromatic heterocycles. The first-order chi connectivity index (χ1) is 16.5. The molecule has 5 aromatic rings. The number of nitrogens with zero attached hydrogens (tertiary/aromatic N) is 3. The van der Waals surface area contributed by atoms with Crippen LogP contribution in [0.2, 0.25) is 0 Å². The Morgan fingerprint density at radius 1 is 0.941 bits per heavy atom. The third-order valence-electron chi connectivity index (χ3n) is 5.84. The van der Waals surface area contributed by atoms with Gasteiger partial charge in [0.25, 0.3) is 5.91 Å². The Hall–Kier alpha value is -4.45. The fraction of sp³-hybridized carbons (Fsp3) is 0.107. The zero-order valence-corrected chi connectivity index (χ0v) is 19.3. The summed E-state index contributed by atoms with van der Waals surface area (Å²) in [7, 11) is 1.98. The van der Waals surface area contributed by atoms with Gasteiger partial charge in [-0.05, 0) is 73.5 Å². The fourth-order valence-corrected chi connectivity index (χ4v) is 3.97. The summed E-state index contributed by atoms with van der Waals surface area (Å²) >= 11 is 0. The smallest absolute Gasteiger partial charge is 0.255 e. The summed E-state index contributed by atoms with van der Waals surface area (Å²) in [5.41, 5.74) is 7.92. The normalized spacial score (nSPS) is 10.9. The van der Waals surface area contributed by atoms with Gasteiger partial charge in [-0.25, -0.2) is 4.98 Å². The SMILES string of the molecule is Cc1cccc(NC(=O)c2ccc(C)c(Nc3cc(-c4cccnc4)nc4c3ccn4C)c2)c1. The van der Waals surface area contributed by atoms with E-state index in [2.05, 4.69) is 15.6 Å². The summed E-state index contributed by atoms with van der Waals surface area (Å²) in [6, 6.07) is 21.4. The summed E-state index contributed by atoms with van der Waals surface area (Å²) in [5, 5.41) is 7.54. The average molecular weight is 448 g/mol. The Bertz CT molecular complexity index is 1500. The van der Waals surface area contributed by atoms with Crippen molar-refractivity contribution in [1.82, 2.24) is 14.5 Å². The van der Waals surface area contributed by atoms with Crippen LogP contribution in [0.5, 0.6) is 0 Å². The first-order valence-electron chi connectivity index (χ1n) is 11.1. The number of pyridine rings is 2. The van der Waals surface area contributed by atoms with Crippen LogP contribution in [0.25, 0.3) is 22.3 Å². The highest BCUT2D eigenvalue weighted by molar-refractivity contribution is 6.05. The van der Waals surface area contributed by atoms with E-state index in [1.807, 2.05) is 105 Å². The molecule has 2 aromatic carbocycles. The molecule has 3 heterocycles. The van der Waals surface area contributed by atoms with Gasteiger partial charge in [0.2, 0.25) is 0 Å². The molecule has 6 nitrogen and oxygen atoms in total. The maximum absolute atomic E-state index is 12.9. The van der Waals surface area contributed by atoms with Crippen molar-refractivity contribution in [1.29, 1.82) is 0 Å². The first kappa shape index (κ1) is 21.4. The lowest BCUT2D eigenvalue weighted by Crippen LogP contribution is -2.12. The van der Waals surface area contributed by atoms with Gasteiger partial charge in [-0.2, -0.15) is 0 Å².